The van der Waals surface area contributed by atoms with Crippen molar-refractivity contribution in [1.82, 2.24) is 9.55 Å². The first-order chi connectivity index (χ1) is 10.3. The second-order valence-electron chi connectivity index (χ2n) is 5.79. The molecule has 0 aromatic carbocycles. The molecular weight excluding hydrogens is 286 g/mol. The van der Waals surface area contributed by atoms with Crippen LogP contribution in [-0.2, 0) is 19.4 Å². The van der Waals surface area contributed by atoms with Gasteiger partial charge in [0.15, 0.2) is 0 Å². The van der Waals surface area contributed by atoms with Gasteiger partial charge in [0.1, 0.15) is 10.7 Å². The second-order valence-corrected chi connectivity index (χ2v) is 6.78. The lowest BCUT2D eigenvalue weighted by Crippen LogP contribution is -2.25. The average molecular weight is 303 g/mol. The van der Waals surface area contributed by atoms with Crippen LogP contribution in [0.4, 0.5) is 0 Å². The first-order valence-corrected chi connectivity index (χ1v) is 8.37. The van der Waals surface area contributed by atoms with Gasteiger partial charge in [0.25, 0.3) is 5.56 Å². The summed E-state index contributed by atoms with van der Waals surface area (Å²) in [7, 11) is 0. The summed E-state index contributed by atoms with van der Waals surface area (Å²) in [4.78, 5) is 19.4. The molecule has 0 spiro atoms. The fourth-order valence-corrected chi connectivity index (χ4v) is 4.69. The lowest BCUT2D eigenvalue weighted by Gasteiger charge is -2.12. The Morgan fingerprint density at radius 1 is 1.14 bits per heavy atom. The number of hydrogen-bond donors (Lipinski definition) is 1. The quantitative estimate of drug-likeness (QED) is 0.601. The van der Waals surface area contributed by atoms with Crippen molar-refractivity contribution in [3.8, 4) is 0 Å². The monoisotopic (exact) mass is 303 g/mol. The number of fused-ring (bicyclic) bond motifs is 4. The molecule has 110 valence electrons. The molecule has 0 saturated carbocycles. The summed E-state index contributed by atoms with van der Waals surface area (Å²) in [5, 5.41) is 13.4. The first kappa shape index (κ1) is 13.0. The normalized spacial score (nSPS) is 20.3. The molecule has 0 amide bonds. The number of nitrogens with zero attached hydrogens (tertiary/aromatic N) is 3. The maximum Gasteiger partial charge on any atom is 0.262 e. The lowest BCUT2D eigenvalue weighted by atomic mass is 9.95. The van der Waals surface area contributed by atoms with Crippen molar-refractivity contribution in [3.05, 3.63) is 26.6 Å². The zero-order chi connectivity index (χ0) is 14.4. The Kier molecular flexibility index (Phi) is 3.06. The van der Waals surface area contributed by atoms with Gasteiger partial charge >= 0.3 is 0 Å². The van der Waals surface area contributed by atoms with Crippen LogP contribution in [0.15, 0.2) is 9.95 Å². The van der Waals surface area contributed by atoms with Crippen LogP contribution in [0, 0.1) is 0 Å². The molecule has 0 fully saturated rings. The van der Waals surface area contributed by atoms with Gasteiger partial charge in [-0.15, -0.1) is 11.3 Å². The molecule has 2 aromatic heterocycles. The Morgan fingerprint density at radius 3 is 2.90 bits per heavy atom. The van der Waals surface area contributed by atoms with Gasteiger partial charge in [-0.3, -0.25) is 9.36 Å². The smallest absolute Gasteiger partial charge is 0.262 e. The van der Waals surface area contributed by atoms with Crippen molar-refractivity contribution in [2.45, 2.75) is 51.5 Å². The van der Waals surface area contributed by atoms with Crippen molar-refractivity contribution in [3.63, 3.8) is 0 Å². The van der Waals surface area contributed by atoms with Crippen LogP contribution < -0.4 is 5.56 Å². The number of aryl methyl sites for hydroxylation is 2. The summed E-state index contributed by atoms with van der Waals surface area (Å²) >= 11 is 1.51. The summed E-state index contributed by atoms with van der Waals surface area (Å²) in [6.07, 6.45) is 6.79. The van der Waals surface area contributed by atoms with E-state index in [9.17, 15) is 10.0 Å². The van der Waals surface area contributed by atoms with E-state index in [4.69, 9.17) is 4.98 Å². The standard InChI is InChI=1S/C15H17N3O2S/c19-15-12-9-5-4-6-10(17-20)13(9)21-14(12)16-11-7-2-1-3-8-18(11)15/h20H,1-8H2. The van der Waals surface area contributed by atoms with Crippen molar-refractivity contribution in [2.75, 3.05) is 0 Å². The molecule has 21 heavy (non-hydrogen) atoms. The van der Waals surface area contributed by atoms with Crippen LogP contribution in [0.2, 0.25) is 0 Å². The second kappa shape index (κ2) is 4.94. The Labute approximate surface area is 125 Å². The molecule has 0 unspecified atom stereocenters. The van der Waals surface area contributed by atoms with Crippen molar-refractivity contribution in [2.24, 2.45) is 5.16 Å². The number of aromatic nitrogens is 2. The number of oxime groups is 1. The SMILES string of the molecule is O=c1c2c3c(sc2nc2n1CCCCC2)C(=NO)CCC3. The fraction of sp³-hybridized carbons (Fsp3) is 0.533. The van der Waals surface area contributed by atoms with Gasteiger partial charge in [0.05, 0.1) is 16.0 Å². The third kappa shape index (κ3) is 1.92. The van der Waals surface area contributed by atoms with Gasteiger partial charge in [-0.05, 0) is 37.7 Å². The highest BCUT2D eigenvalue weighted by Gasteiger charge is 2.26. The highest BCUT2D eigenvalue weighted by atomic mass is 32.1. The predicted octanol–water partition coefficient (Wildman–Crippen LogP) is 2.70. The van der Waals surface area contributed by atoms with Gasteiger partial charge in [0.2, 0.25) is 0 Å². The van der Waals surface area contributed by atoms with E-state index in [1.165, 1.54) is 11.3 Å². The maximum absolute atomic E-state index is 12.9. The lowest BCUT2D eigenvalue weighted by molar-refractivity contribution is 0.317. The summed E-state index contributed by atoms with van der Waals surface area (Å²) < 4.78 is 1.87. The molecule has 1 N–H and O–H groups in total. The Morgan fingerprint density at radius 2 is 2.05 bits per heavy atom. The molecule has 4 rings (SSSR count). The van der Waals surface area contributed by atoms with Crippen LogP contribution in [0.25, 0.3) is 10.2 Å². The molecular formula is C15H17N3O2S. The number of thiophene rings is 1. The minimum absolute atomic E-state index is 0.105. The zero-order valence-corrected chi connectivity index (χ0v) is 12.6. The molecule has 0 radical (unpaired) electrons. The Hall–Kier alpha value is -1.69. The van der Waals surface area contributed by atoms with Gasteiger partial charge < -0.3 is 5.21 Å². The van der Waals surface area contributed by atoms with Gasteiger partial charge in [-0.1, -0.05) is 11.6 Å². The molecule has 2 aliphatic rings. The molecule has 6 heteroatoms. The molecule has 1 aliphatic carbocycles. The molecule has 2 aromatic rings. The molecule has 0 saturated heterocycles. The minimum atomic E-state index is 0.105. The highest BCUT2D eigenvalue weighted by Crippen LogP contribution is 2.34. The van der Waals surface area contributed by atoms with Crippen LogP contribution in [-0.4, -0.2) is 20.5 Å². The van der Waals surface area contributed by atoms with Gasteiger partial charge in [-0.25, -0.2) is 4.98 Å². The van der Waals surface area contributed by atoms with Crippen molar-refractivity contribution < 1.29 is 5.21 Å². The van der Waals surface area contributed by atoms with E-state index in [0.29, 0.717) is 5.71 Å². The summed E-state index contributed by atoms with van der Waals surface area (Å²) in [5.74, 6) is 0.922. The third-order valence-electron chi connectivity index (χ3n) is 4.49. The van der Waals surface area contributed by atoms with E-state index in [0.717, 1.165) is 78.0 Å². The number of rotatable bonds is 0. The van der Waals surface area contributed by atoms with E-state index < -0.39 is 0 Å². The Bertz CT molecular complexity index is 803. The third-order valence-corrected chi connectivity index (χ3v) is 5.67. The molecule has 0 atom stereocenters. The predicted molar refractivity (Wildman–Crippen MR) is 82.7 cm³/mol. The zero-order valence-electron chi connectivity index (χ0n) is 11.8. The molecule has 5 nitrogen and oxygen atoms in total. The van der Waals surface area contributed by atoms with Gasteiger partial charge in [-0.2, -0.15) is 0 Å². The van der Waals surface area contributed by atoms with Crippen molar-refractivity contribution in [1.29, 1.82) is 0 Å². The topological polar surface area (TPSA) is 67.5 Å². The molecule has 0 bridgehead atoms. The fourth-order valence-electron chi connectivity index (χ4n) is 3.45. The van der Waals surface area contributed by atoms with Crippen molar-refractivity contribution >= 4 is 27.3 Å². The van der Waals surface area contributed by atoms with E-state index >= 15 is 0 Å². The van der Waals surface area contributed by atoms with Crippen LogP contribution in [0.1, 0.15) is 48.4 Å². The average Bonchev–Trinajstić information content (AvgIpc) is 2.70. The van der Waals surface area contributed by atoms with E-state index in [1.54, 1.807) is 0 Å². The number of hydrogen-bond acceptors (Lipinski definition) is 5. The van der Waals surface area contributed by atoms with E-state index in [-0.39, 0.29) is 5.56 Å². The summed E-state index contributed by atoms with van der Waals surface area (Å²) in [5.41, 5.74) is 1.86. The molecule has 1 aliphatic heterocycles. The van der Waals surface area contributed by atoms with E-state index in [1.807, 2.05) is 4.57 Å². The Balaban J connectivity index is 2.03. The van der Waals surface area contributed by atoms with Crippen LogP contribution >= 0.6 is 11.3 Å². The van der Waals surface area contributed by atoms with E-state index in [2.05, 4.69) is 5.16 Å². The minimum Gasteiger partial charge on any atom is -0.411 e. The van der Waals surface area contributed by atoms with Crippen LogP contribution in [0.5, 0.6) is 0 Å². The maximum atomic E-state index is 12.9. The largest absolute Gasteiger partial charge is 0.411 e. The highest BCUT2D eigenvalue weighted by molar-refractivity contribution is 7.20. The first-order valence-electron chi connectivity index (χ1n) is 7.56. The summed E-state index contributed by atoms with van der Waals surface area (Å²) in [6, 6.07) is 0. The molecule has 3 heterocycles. The van der Waals surface area contributed by atoms with Gasteiger partial charge in [0, 0.05) is 13.0 Å². The van der Waals surface area contributed by atoms with Crippen LogP contribution in [0.3, 0.4) is 0 Å². The summed E-state index contributed by atoms with van der Waals surface area (Å²) in [6.45, 7) is 0.780.